The lowest BCUT2D eigenvalue weighted by Crippen LogP contribution is -2.45. The number of benzene rings is 2. The van der Waals surface area contributed by atoms with Crippen molar-refractivity contribution in [2.45, 2.75) is 85.7 Å². The summed E-state index contributed by atoms with van der Waals surface area (Å²) in [4.78, 5) is 42.1. The zero-order valence-corrected chi connectivity index (χ0v) is 27.5. The maximum atomic E-state index is 14.5. The molecule has 0 spiro atoms. The van der Waals surface area contributed by atoms with E-state index in [1.165, 1.54) is 6.07 Å². The average molecular weight is 630 g/mol. The summed E-state index contributed by atoms with van der Waals surface area (Å²) in [6, 6.07) is 10.2. The highest BCUT2D eigenvalue weighted by Gasteiger charge is 2.49. The number of halogens is 1. The maximum Gasteiger partial charge on any atom is 0.305 e. The molecule has 1 aliphatic heterocycles. The molecule has 0 bridgehead atoms. The van der Waals surface area contributed by atoms with Crippen molar-refractivity contribution >= 4 is 17.5 Å². The van der Waals surface area contributed by atoms with Gasteiger partial charge in [-0.3, -0.25) is 14.4 Å². The number of allylic oxidation sites excluding steroid dienone is 5. The molecule has 2 aromatic rings. The standard InChI is InChI=1S/C38H44FNO6/c1-7-11-23-16-25(17-31(45-8-2)36(23)46-22-24-12-9-10-13-26(24)39)33-34-27(18-37(3,4)20-29(34)41)40(15-14-32(43)44)28-19-38(5,6)21-30(42)35(28)33/h7,9-10,12-13,16-17,33H,1,8,11,14-15,18-22H2,2-6H3,(H,43,44). The Labute approximate surface area is 270 Å². The molecule has 0 fully saturated rings. The number of rotatable bonds is 11. The highest BCUT2D eigenvalue weighted by Crippen LogP contribution is 2.55. The van der Waals surface area contributed by atoms with Gasteiger partial charge in [0, 0.05) is 59.0 Å². The second-order valence-electron chi connectivity index (χ2n) is 14.1. The summed E-state index contributed by atoms with van der Waals surface area (Å²) in [5.74, 6) is -1.11. The Kier molecular flexibility index (Phi) is 9.30. The van der Waals surface area contributed by atoms with E-state index in [2.05, 4.69) is 34.3 Å². The molecule has 3 aliphatic rings. The number of ether oxygens (including phenoxy) is 2. The van der Waals surface area contributed by atoms with Gasteiger partial charge in [0.25, 0.3) is 0 Å². The van der Waals surface area contributed by atoms with Gasteiger partial charge in [-0.25, -0.2) is 4.39 Å². The molecule has 244 valence electrons. The van der Waals surface area contributed by atoms with Crippen molar-refractivity contribution in [3.8, 4) is 11.5 Å². The second kappa shape index (κ2) is 12.9. The van der Waals surface area contributed by atoms with E-state index in [1.54, 1.807) is 24.3 Å². The number of Topliss-reactive ketones (excluding diaryl/α,β-unsaturated/α-hetero) is 2. The lowest BCUT2D eigenvalue weighted by atomic mass is 9.63. The number of nitrogens with zero attached hydrogens (tertiary/aromatic N) is 1. The largest absolute Gasteiger partial charge is 0.490 e. The first-order chi connectivity index (χ1) is 21.7. The van der Waals surface area contributed by atoms with Gasteiger partial charge in [-0.1, -0.05) is 58.0 Å². The van der Waals surface area contributed by atoms with Crippen molar-refractivity contribution in [3.63, 3.8) is 0 Å². The molecule has 0 radical (unpaired) electrons. The van der Waals surface area contributed by atoms with Crippen LogP contribution in [0.1, 0.15) is 89.3 Å². The third-order valence-electron chi connectivity index (χ3n) is 9.05. The highest BCUT2D eigenvalue weighted by molar-refractivity contribution is 6.07. The van der Waals surface area contributed by atoms with Crippen LogP contribution in [-0.4, -0.2) is 40.7 Å². The van der Waals surface area contributed by atoms with Crippen molar-refractivity contribution in [1.82, 2.24) is 4.90 Å². The lowest BCUT2D eigenvalue weighted by molar-refractivity contribution is -0.137. The second-order valence-corrected chi connectivity index (χ2v) is 14.1. The van der Waals surface area contributed by atoms with Crippen LogP contribution in [0.25, 0.3) is 0 Å². The van der Waals surface area contributed by atoms with Gasteiger partial charge in [-0.15, -0.1) is 6.58 Å². The van der Waals surface area contributed by atoms with Crippen LogP contribution in [-0.2, 0) is 27.4 Å². The molecule has 0 saturated heterocycles. The predicted octanol–water partition coefficient (Wildman–Crippen LogP) is 7.69. The monoisotopic (exact) mass is 629 g/mol. The quantitative estimate of drug-likeness (QED) is 0.255. The lowest BCUT2D eigenvalue weighted by Gasteiger charge is -2.49. The van der Waals surface area contributed by atoms with Gasteiger partial charge >= 0.3 is 5.97 Å². The van der Waals surface area contributed by atoms with Crippen LogP contribution < -0.4 is 9.47 Å². The fourth-order valence-electron chi connectivity index (χ4n) is 7.21. The minimum absolute atomic E-state index is 0.00998. The molecule has 2 aromatic carbocycles. The van der Waals surface area contributed by atoms with Crippen LogP contribution in [0.2, 0.25) is 0 Å². The Morgan fingerprint density at radius 3 is 2.13 bits per heavy atom. The first kappa shape index (κ1) is 33.2. The first-order valence-corrected chi connectivity index (χ1v) is 16.0. The molecule has 5 rings (SSSR count). The van der Waals surface area contributed by atoms with Gasteiger partial charge in [-0.05, 0) is 54.7 Å². The summed E-state index contributed by atoms with van der Waals surface area (Å²) < 4.78 is 26.8. The van der Waals surface area contributed by atoms with Crippen molar-refractivity contribution in [2.75, 3.05) is 13.2 Å². The number of aliphatic carboxylic acids is 1. The van der Waals surface area contributed by atoms with E-state index < -0.39 is 11.9 Å². The number of carbonyl (C=O) groups excluding carboxylic acids is 2. The van der Waals surface area contributed by atoms with Crippen LogP contribution in [0.4, 0.5) is 4.39 Å². The topological polar surface area (TPSA) is 93.1 Å². The smallest absolute Gasteiger partial charge is 0.305 e. The Morgan fingerprint density at radius 2 is 1.59 bits per heavy atom. The summed E-state index contributed by atoms with van der Waals surface area (Å²) in [7, 11) is 0. The Morgan fingerprint density at radius 1 is 0.978 bits per heavy atom. The Hall–Kier alpha value is -4.20. The summed E-state index contributed by atoms with van der Waals surface area (Å²) in [5.41, 5.74) is 3.95. The molecule has 7 nitrogen and oxygen atoms in total. The van der Waals surface area contributed by atoms with Gasteiger partial charge in [-0.2, -0.15) is 0 Å². The zero-order chi connectivity index (χ0) is 33.4. The maximum absolute atomic E-state index is 14.5. The van der Waals surface area contributed by atoms with E-state index in [1.807, 2.05) is 24.0 Å². The van der Waals surface area contributed by atoms with Gasteiger partial charge in [0.05, 0.1) is 13.0 Å². The zero-order valence-electron chi connectivity index (χ0n) is 27.5. The molecular weight excluding hydrogens is 585 g/mol. The SMILES string of the molecule is C=CCc1cc(C2C3=C(CC(C)(C)CC3=O)N(CCC(=O)O)C3=C2C(=O)CC(C)(C)C3)cc(OCC)c1OCc1ccccc1F. The molecule has 46 heavy (non-hydrogen) atoms. The fraction of sp³-hybridized carbons (Fsp3) is 0.447. The summed E-state index contributed by atoms with van der Waals surface area (Å²) in [6.07, 6.45) is 3.84. The van der Waals surface area contributed by atoms with Gasteiger partial charge in [0.15, 0.2) is 23.1 Å². The molecular formula is C38H44FNO6. The summed E-state index contributed by atoms with van der Waals surface area (Å²) in [5, 5.41) is 9.65. The van der Waals surface area contributed by atoms with Gasteiger partial charge in [0.1, 0.15) is 12.4 Å². The van der Waals surface area contributed by atoms with E-state index in [0.29, 0.717) is 66.9 Å². The molecule has 0 unspecified atom stereocenters. The van der Waals surface area contributed by atoms with Crippen molar-refractivity contribution in [1.29, 1.82) is 0 Å². The summed E-state index contributed by atoms with van der Waals surface area (Å²) in [6.45, 7) is 14.5. The number of hydrogen-bond donors (Lipinski definition) is 1. The van der Waals surface area contributed by atoms with Crippen LogP contribution >= 0.6 is 0 Å². The van der Waals surface area contributed by atoms with Crippen molar-refractivity contribution in [2.24, 2.45) is 10.8 Å². The van der Waals surface area contributed by atoms with Crippen LogP contribution in [0.5, 0.6) is 11.5 Å². The summed E-state index contributed by atoms with van der Waals surface area (Å²) >= 11 is 0. The molecule has 1 N–H and O–H groups in total. The molecule has 0 saturated carbocycles. The van der Waals surface area contributed by atoms with Crippen LogP contribution in [0.15, 0.2) is 71.6 Å². The molecule has 2 aliphatic carbocycles. The number of carbonyl (C=O) groups is 3. The molecule has 8 heteroatoms. The molecule has 0 aromatic heterocycles. The third kappa shape index (κ3) is 6.67. The van der Waals surface area contributed by atoms with E-state index >= 15 is 0 Å². The van der Waals surface area contributed by atoms with Crippen LogP contribution in [0, 0.1) is 16.6 Å². The van der Waals surface area contributed by atoms with E-state index in [0.717, 1.165) is 22.5 Å². The van der Waals surface area contributed by atoms with Crippen LogP contribution in [0.3, 0.4) is 0 Å². The molecule has 0 amide bonds. The van der Waals surface area contributed by atoms with Crippen molar-refractivity contribution in [3.05, 3.63) is 94.1 Å². The Bertz CT molecular complexity index is 1590. The predicted molar refractivity (Wildman–Crippen MR) is 174 cm³/mol. The Balaban J connectivity index is 1.72. The van der Waals surface area contributed by atoms with Gasteiger partial charge in [0.2, 0.25) is 0 Å². The molecule has 0 atom stereocenters. The van der Waals surface area contributed by atoms with E-state index in [9.17, 15) is 23.9 Å². The molecule has 1 heterocycles. The normalized spacial score (nSPS) is 19.1. The number of carboxylic acids is 1. The fourth-order valence-corrected chi connectivity index (χ4v) is 7.21. The number of carboxylic acid groups (broad SMARTS) is 1. The van der Waals surface area contributed by atoms with Gasteiger partial charge < -0.3 is 19.5 Å². The highest BCUT2D eigenvalue weighted by atomic mass is 19.1. The number of hydrogen-bond acceptors (Lipinski definition) is 6. The third-order valence-corrected chi connectivity index (χ3v) is 9.05. The average Bonchev–Trinajstić information content (AvgIpc) is 2.95. The van der Waals surface area contributed by atoms with E-state index in [-0.39, 0.29) is 47.8 Å². The minimum atomic E-state index is -0.935. The first-order valence-electron chi connectivity index (χ1n) is 16.0. The van der Waals surface area contributed by atoms with Crippen molar-refractivity contribution < 1.29 is 33.4 Å². The van der Waals surface area contributed by atoms with E-state index in [4.69, 9.17) is 9.47 Å². The minimum Gasteiger partial charge on any atom is -0.490 e. The number of ketones is 2.